The zero-order valence-electron chi connectivity index (χ0n) is 7.99. The largest absolute Gasteiger partial charge is 0.284 e. The predicted octanol–water partition coefficient (Wildman–Crippen LogP) is 2.31. The highest BCUT2D eigenvalue weighted by Gasteiger charge is 2.44. The molecule has 0 aromatic heterocycles. The Bertz CT molecular complexity index is 379. The van der Waals surface area contributed by atoms with Crippen molar-refractivity contribution in [1.82, 2.24) is 0 Å². The second-order valence-electron chi connectivity index (χ2n) is 3.78. The topological polar surface area (TPSA) is 17.1 Å². The summed E-state index contributed by atoms with van der Waals surface area (Å²) in [6.07, 6.45) is 8.11. The van der Waals surface area contributed by atoms with Crippen LogP contribution in [0.15, 0.2) is 30.3 Å². The first-order chi connectivity index (χ1) is 6.79. The van der Waals surface area contributed by atoms with Gasteiger partial charge in [0, 0.05) is 0 Å². The van der Waals surface area contributed by atoms with Gasteiger partial charge in [-0.2, -0.15) is 0 Å². The third-order valence-corrected chi connectivity index (χ3v) is 3.10. The molecular weight excluding hydrogens is 172 g/mol. The highest BCUT2D eigenvalue weighted by atomic mass is 16.1. The Morgan fingerprint density at radius 3 is 2.36 bits per heavy atom. The molecule has 1 aromatic rings. The lowest BCUT2D eigenvalue weighted by atomic mass is 9.62. The molecule has 2 rings (SSSR count). The standard InChI is InChI=1S/C13H12O/c1-2-12(14)13(9-6-10-13)11-7-4-3-5-8-11/h1,3-5,7-8H,6,9-10H2. The van der Waals surface area contributed by atoms with Gasteiger partial charge in [0.15, 0.2) is 0 Å². The lowest BCUT2D eigenvalue weighted by molar-refractivity contribution is -0.121. The van der Waals surface area contributed by atoms with Crippen LogP contribution in [-0.4, -0.2) is 5.78 Å². The van der Waals surface area contributed by atoms with Crippen molar-refractivity contribution in [3.63, 3.8) is 0 Å². The maximum absolute atomic E-state index is 11.7. The van der Waals surface area contributed by atoms with Crippen LogP contribution in [0.4, 0.5) is 0 Å². The van der Waals surface area contributed by atoms with Gasteiger partial charge in [-0.05, 0) is 24.3 Å². The number of ketones is 1. The number of terminal acetylenes is 1. The molecule has 0 atom stereocenters. The van der Waals surface area contributed by atoms with Crippen molar-refractivity contribution in [2.45, 2.75) is 24.7 Å². The number of carbonyl (C=O) groups excluding carboxylic acids is 1. The fraction of sp³-hybridized carbons (Fsp3) is 0.308. The highest BCUT2D eigenvalue weighted by molar-refractivity contribution is 6.04. The third kappa shape index (κ3) is 1.15. The van der Waals surface area contributed by atoms with E-state index in [0.29, 0.717) is 0 Å². The number of carbonyl (C=O) groups is 1. The molecule has 0 amide bonds. The van der Waals surface area contributed by atoms with E-state index in [1.165, 1.54) is 0 Å². The number of Topliss-reactive ketones (excluding diaryl/α,β-unsaturated/α-hetero) is 1. The van der Waals surface area contributed by atoms with Crippen LogP contribution >= 0.6 is 0 Å². The number of hydrogen-bond acceptors (Lipinski definition) is 1. The highest BCUT2D eigenvalue weighted by Crippen LogP contribution is 2.44. The first kappa shape index (κ1) is 9.02. The molecule has 70 valence electrons. The molecule has 0 bridgehead atoms. The second-order valence-corrected chi connectivity index (χ2v) is 3.78. The van der Waals surface area contributed by atoms with Crippen LogP contribution in [0.3, 0.4) is 0 Å². The molecule has 0 aliphatic heterocycles. The van der Waals surface area contributed by atoms with Gasteiger partial charge in [-0.3, -0.25) is 4.79 Å². The van der Waals surface area contributed by atoms with E-state index in [9.17, 15) is 4.79 Å². The van der Waals surface area contributed by atoms with Crippen LogP contribution in [0.1, 0.15) is 24.8 Å². The van der Waals surface area contributed by atoms with Crippen LogP contribution in [0.2, 0.25) is 0 Å². The normalized spacial score (nSPS) is 17.9. The minimum absolute atomic E-state index is 0.0602. The summed E-state index contributed by atoms with van der Waals surface area (Å²) >= 11 is 0. The van der Waals surface area contributed by atoms with Crippen LogP contribution in [0.5, 0.6) is 0 Å². The van der Waals surface area contributed by atoms with Crippen LogP contribution in [0.25, 0.3) is 0 Å². The molecular formula is C13H12O. The van der Waals surface area contributed by atoms with E-state index in [1.54, 1.807) is 0 Å². The zero-order chi connectivity index (χ0) is 10.0. The number of benzene rings is 1. The summed E-state index contributed by atoms with van der Waals surface area (Å²) in [5, 5.41) is 0. The van der Waals surface area contributed by atoms with Crippen LogP contribution in [-0.2, 0) is 10.2 Å². The summed E-state index contributed by atoms with van der Waals surface area (Å²) in [6, 6.07) is 9.86. The van der Waals surface area contributed by atoms with Gasteiger partial charge in [0.25, 0.3) is 0 Å². The maximum Gasteiger partial charge on any atom is 0.215 e. The Labute approximate surface area is 84.1 Å². The SMILES string of the molecule is C#CC(=O)C1(c2ccccc2)CCC1. The molecule has 0 unspecified atom stereocenters. The molecule has 1 heteroatoms. The van der Waals surface area contributed by atoms with Crippen molar-refractivity contribution in [3.8, 4) is 12.3 Å². The van der Waals surface area contributed by atoms with E-state index in [-0.39, 0.29) is 11.2 Å². The van der Waals surface area contributed by atoms with E-state index < -0.39 is 0 Å². The minimum atomic E-state index is -0.351. The maximum atomic E-state index is 11.7. The summed E-state index contributed by atoms with van der Waals surface area (Å²) in [5.74, 6) is 2.21. The molecule has 1 aliphatic rings. The van der Waals surface area contributed by atoms with Crippen molar-refractivity contribution in [3.05, 3.63) is 35.9 Å². The van der Waals surface area contributed by atoms with E-state index in [2.05, 4.69) is 5.92 Å². The van der Waals surface area contributed by atoms with Gasteiger partial charge in [-0.15, -0.1) is 6.42 Å². The van der Waals surface area contributed by atoms with Gasteiger partial charge in [0.1, 0.15) is 0 Å². The summed E-state index contributed by atoms with van der Waals surface area (Å²) in [5.41, 5.74) is 0.727. The Morgan fingerprint density at radius 2 is 1.93 bits per heavy atom. The molecule has 0 radical (unpaired) electrons. The first-order valence-corrected chi connectivity index (χ1v) is 4.86. The molecule has 1 aromatic carbocycles. The van der Waals surface area contributed by atoms with Crippen LogP contribution < -0.4 is 0 Å². The van der Waals surface area contributed by atoms with Gasteiger partial charge < -0.3 is 0 Å². The molecule has 0 saturated heterocycles. The summed E-state index contributed by atoms with van der Waals surface area (Å²) in [7, 11) is 0. The lowest BCUT2D eigenvalue weighted by Crippen LogP contribution is -2.41. The Balaban J connectivity index is 2.40. The smallest absolute Gasteiger partial charge is 0.215 e. The molecule has 0 N–H and O–H groups in total. The van der Waals surface area contributed by atoms with Crippen molar-refractivity contribution in [2.75, 3.05) is 0 Å². The average molecular weight is 184 g/mol. The molecule has 1 nitrogen and oxygen atoms in total. The predicted molar refractivity (Wildman–Crippen MR) is 55.8 cm³/mol. The van der Waals surface area contributed by atoms with Gasteiger partial charge in [0.2, 0.25) is 5.78 Å². The van der Waals surface area contributed by atoms with Crippen molar-refractivity contribution >= 4 is 5.78 Å². The molecule has 0 spiro atoms. The molecule has 1 aliphatic carbocycles. The summed E-state index contributed by atoms with van der Waals surface area (Å²) in [6.45, 7) is 0. The Morgan fingerprint density at radius 1 is 1.29 bits per heavy atom. The van der Waals surface area contributed by atoms with E-state index >= 15 is 0 Å². The second kappa shape index (κ2) is 3.31. The quantitative estimate of drug-likeness (QED) is 0.509. The molecule has 14 heavy (non-hydrogen) atoms. The van der Waals surface area contributed by atoms with E-state index in [0.717, 1.165) is 24.8 Å². The Hall–Kier alpha value is -1.55. The monoisotopic (exact) mass is 184 g/mol. The van der Waals surface area contributed by atoms with E-state index in [4.69, 9.17) is 6.42 Å². The zero-order valence-corrected chi connectivity index (χ0v) is 7.99. The number of rotatable bonds is 2. The van der Waals surface area contributed by atoms with Crippen molar-refractivity contribution in [1.29, 1.82) is 0 Å². The molecule has 1 fully saturated rings. The number of hydrogen-bond donors (Lipinski definition) is 0. The van der Waals surface area contributed by atoms with Crippen molar-refractivity contribution < 1.29 is 4.79 Å². The summed E-state index contributed by atoms with van der Waals surface area (Å²) in [4.78, 5) is 11.7. The Kier molecular flexibility index (Phi) is 2.13. The average Bonchev–Trinajstić information content (AvgIpc) is 2.17. The minimum Gasteiger partial charge on any atom is -0.284 e. The molecule has 0 heterocycles. The fourth-order valence-corrected chi connectivity index (χ4v) is 2.07. The van der Waals surface area contributed by atoms with Gasteiger partial charge >= 0.3 is 0 Å². The van der Waals surface area contributed by atoms with E-state index in [1.807, 2.05) is 30.3 Å². The van der Waals surface area contributed by atoms with Gasteiger partial charge in [-0.1, -0.05) is 36.8 Å². The van der Waals surface area contributed by atoms with Gasteiger partial charge in [0.05, 0.1) is 5.41 Å². The lowest BCUT2D eigenvalue weighted by Gasteiger charge is -2.39. The first-order valence-electron chi connectivity index (χ1n) is 4.86. The van der Waals surface area contributed by atoms with Crippen LogP contribution in [0, 0.1) is 12.3 Å². The molecule has 1 saturated carbocycles. The van der Waals surface area contributed by atoms with Gasteiger partial charge in [-0.25, -0.2) is 0 Å². The summed E-state index contributed by atoms with van der Waals surface area (Å²) < 4.78 is 0. The fourth-order valence-electron chi connectivity index (χ4n) is 2.07. The third-order valence-electron chi connectivity index (χ3n) is 3.10. The van der Waals surface area contributed by atoms with Crippen molar-refractivity contribution in [2.24, 2.45) is 0 Å².